The minimum absolute atomic E-state index is 0.222. The highest BCUT2D eigenvalue weighted by molar-refractivity contribution is 7.77. The maximum Gasteiger partial charge on any atom is 0.272 e. The Kier molecular flexibility index (Phi) is 4.81. The first-order chi connectivity index (χ1) is 13.0. The zero-order chi connectivity index (χ0) is 19.0. The van der Waals surface area contributed by atoms with E-state index in [2.05, 4.69) is 15.1 Å². The van der Waals surface area contributed by atoms with Crippen molar-refractivity contribution in [3.8, 4) is 0 Å². The lowest BCUT2D eigenvalue weighted by molar-refractivity contribution is 0.356. The summed E-state index contributed by atoms with van der Waals surface area (Å²) in [6.45, 7) is 1.56. The van der Waals surface area contributed by atoms with Crippen LogP contribution in [0, 0.1) is 5.82 Å². The molecule has 2 N–H and O–H groups in total. The Morgan fingerprint density at radius 3 is 2.63 bits per heavy atom. The predicted molar refractivity (Wildman–Crippen MR) is 108 cm³/mol. The summed E-state index contributed by atoms with van der Waals surface area (Å²) in [5, 5.41) is 8.58. The van der Waals surface area contributed by atoms with Gasteiger partial charge in [-0.15, -0.1) is 0 Å². The number of nitrogens with one attached hydrogen (secondary N) is 1. The van der Waals surface area contributed by atoms with Gasteiger partial charge in [0.25, 0.3) is 5.56 Å². The van der Waals surface area contributed by atoms with Crippen molar-refractivity contribution in [2.75, 3.05) is 32.5 Å². The third-order valence-corrected chi connectivity index (χ3v) is 8.43. The third kappa shape index (κ3) is 3.53. The molecule has 0 amide bonds. The number of halogens is 1. The third-order valence-electron chi connectivity index (χ3n) is 5.31. The van der Waals surface area contributed by atoms with Crippen LogP contribution in [0.1, 0.15) is 11.3 Å². The van der Waals surface area contributed by atoms with Crippen LogP contribution in [0.4, 0.5) is 4.39 Å². The van der Waals surface area contributed by atoms with E-state index < -0.39 is 7.49 Å². The number of hydrogen-bond donors (Lipinski definition) is 2. The van der Waals surface area contributed by atoms with Crippen molar-refractivity contribution in [1.82, 2.24) is 15.1 Å². The van der Waals surface area contributed by atoms with E-state index in [1.165, 1.54) is 6.07 Å². The second-order valence-electron chi connectivity index (χ2n) is 7.18. The van der Waals surface area contributed by atoms with E-state index in [4.69, 9.17) is 0 Å². The number of fused-ring (bicyclic) bond motifs is 1. The van der Waals surface area contributed by atoms with Crippen LogP contribution in [0.25, 0.3) is 10.8 Å². The first kappa shape index (κ1) is 18.2. The second kappa shape index (κ2) is 7.12. The number of aromatic amines is 1. The second-order valence-corrected chi connectivity index (χ2v) is 10.4. The largest absolute Gasteiger partial charge is 0.299 e. The average Bonchev–Trinajstić information content (AvgIpc) is 2.68. The van der Waals surface area contributed by atoms with Crippen LogP contribution in [-0.4, -0.2) is 52.5 Å². The molecule has 4 rings (SSSR count). The van der Waals surface area contributed by atoms with Gasteiger partial charge in [0, 0.05) is 24.9 Å². The molecule has 0 radical (unpaired) electrons. The zero-order valence-corrected chi connectivity index (χ0v) is 16.0. The summed E-state index contributed by atoms with van der Waals surface area (Å²) in [5.41, 5.74) is 1.39. The highest BCUT2D eigenvalue weighted by Crippen LogP contribution is 2.55. The van der Waals surface area contributed by atoms with Crippen LogP contribution in [0.3, 0.4) is 0 Å². The summed E-state index contributed by atoms with van der Waals surface area (Å²) in [7, 11) is -0.456. The Morgan fingerprint density at radius 2 is 1.89 bits per heavy atom. The van der Waals surface area contributed by atoms with Gasteiger partial charge < -0.3 is 0 Å². The van der Waals surface area contributed by atoms with Crippen molar-refractivity contribution in [1.29, 1.82) is 0 Å². The van der Waals surface area contributed by atoms with Gasteiger partial charge in [0.1, 0.15) is 12.3 Å². The van der Waals surface area contributed by atoms with Gasteiger partial charge >= 0.3 is 0 Å². The summed E-state index contributed by atoms with van der Waals surface area (Å²) in [5.74, 6) is -0.335. The molecular formula is C20H22FN3O2P+. The van der Waals surface area contributed by atoms with E-state index >= 15 is 0 Å². The van der Waals surface area contributed by atoms with Gasteiger partial charge in [-0.3, -0.25) is 9.69 Å². The average molecular weight is 386 g/mol. The normalized spacial score (nSPS) is 17.3. The molecule has 0 bridgehead atoms. The summed E-state index contributed by atoms with van der Waals surface area (Å²) in [6.07, 6.45) is 1.69. The summed E-state index contributed by atoms with van der Waals surface area (Å²) < 4.78 is 14.5. The molecule has 7 heteroatoms. The van der Waals surface area contributed by atoms with Crippen molar-refractivity contribution < 1.29 is 9.28 Å². The Balaban J connectivity index is 1.71. The van der Waals surface area contributed by atoms with Crippen LogP contribution < -0.4 is 10.9 Å². The molecule has 0 atom stereocenters. The number of rotatable bonds is 3. The standard InChI is InChI=1S/C20H21FN3O2P/c1-24-8-10-27(26,11-9-24)19-13-14(6-7-17(19)21)12-18-15-4-2-3-5-16(15)20(25)23-22-18/h2-7,13,26H,8-12H2,1H3/p+1. The topological polar surface area (TPSA) is 69.2 Å². The van der Waals surface area contributed by atoms with Gasteiger partial charge in [-0.25, -0.2) is 14.4 Å². The predicted octanol–water partition coefficient (Wildman–Crippen LogP) is 2.15. The van der Waals surface area contributed by atoms with Gasteiger partial charge in [0.05, 0.1) is 11.1 Å². The van der Waals surface area contributed by atoms with Crippen LogP contribution in [0.2, 0.25) is 0 Å². The van der Waals surface area contributed by atoms with E-state index in [9.17, 15) is 14.1 Å². The lowest BCUT2D eigenvalue weighted by atomic mass is 10.0. The zero-order valence-electron chi connectivity index (χ0n) is 15.2. The lowest BCUT2D eigenvalue weighted by Crippen LogP contribution is -2.37. The number of hydrogen-bond acceptors (Lipinski definition) is 4. The molecule has 3 aromatic rings. The highest BCUT2D eigenvalue weighted by atomic mass is 31.2. The van der Waals surface area contributed by atoms with Gasteiger partial charge in [-0.05, 0) is 30.8 Å². The molecule has 0 saturated carbocycles. The molecule has 2 heterocycles. The first-order valence-corrected chi connectivity index (χ1v) is 11.1. The monoisotopic (exact) mass is 386 g/mol. The van der Waals surface area contributed by atoms with E-state index in [1.807, 2.05) is 25.2 Å². The SMILES string of the molecule is CN1CC[P+](O)(c2cc(Cc3n[nH]c(=O)c4ccccc34)ccc2F)CC1. The van der Waals surface area contributed by atoms with Gasteiger partial charge in [-0.2, -0.15) is 5.10 Å². The minimum atomic E-state index is -2.47. The summed E-state index contributed by atoms with van der Waals surface area (Å²) in [6, 6.07) is 12.3. The molecule has 2 aromatic carbocycles. The molecular weight excluding hydrogens is 364 g/mol. The fraction of sp³-hybridized carbons (Fsp3) is 0.300. The smallest absolute Gasteiger partial charge is 0.272 e. The van der Waals surface area contributed by atoms with Crippen LogP contribution in [0.5, 0.6) is 0 Å². The van der Waals surface area contributed by atoms with Gasteiger partial charge in [0.15, 0.2) is 18.6 Å². The van der Waals surface area contributed by atoms with E-state index in [-0.39, 0.29) is 11.4 Å². The van der Waals surface area contributed by atoms with Crippen molar-refractivity contribution in [3.05, 3.63) is 69.9 Å². The maximum absolute atomic E-state index is 14.5. The summed E-state index contributed by atoms with van der Waals surface area (Å²) >= 11 is 0. The van der Waals surface area contributed by atoms with Gasteiger partial charge in [-0.1, -0.05) is 24.3 Å². The minimum Gasteiger partial charge on any atom is -0.299 e. The first-order valence-electron chi connectivity index (χ1n) is 9.00. The molecule has 1 aliphatic rings. The van der Waals surface area contributed by atoms with Crippen LogP contribution in [0.15, 0.2) is 47.3 Å². The molecule has 1 saturated heterocycles. The molecule has 1 aromatic heterocycles. The van der Waals surface area contributed by atoms with Crippen LogP contribution >= 0.6 is 7.49 Å². The van der Waals surface area contributed by atoms with Crippen molar-refractivity contribution in [3.63, 3.8) is 0 Å². The number of nitrogens with zero attached hydrogens (tertiary/aromatic N) is 2. The number of H-pyrrole nitrogens is 1. The molecule has 1 aliphatic heterocycles. The molecule has 0 spiro atoms. The molecule has 0 unspecified atom stereocenters. The maximum atomic E-state index is 14.5. The van der Waals surface area contributed by atoms with Gasteiger partial charge in [0.2, 0.25) is 0 Å². The fourth-order valence-corrected chi connectivity index (χ4v) is 6.55. The molecule has 1 fully saturated rings. The molecule has 5 nitrogen and oxygen atoms in total. The Bertz CT molecular complexity index is 1040. The van der Waals surface area contributed by atoms with Crippen LogP contribution in [-0.2, 0) is 6.42 Å². The quantitative estimate of drug-likeness (QED) is 0.677. The van der Waals surface area contributed by atoms with Crippen molar-refractivity contribution >= 4 is 23.6 Å². The van der Waals surface area contributed by atoms with Crippen molar-refractivity contribution in [2.45, 2.75) is 6.42 Å². The Morgan fingerprint density at radius 1 is 1.19 bits per heavy atom. The Hall–Kier alpha value is -2.14. The highest BCUT2D eigenvalue weighted by Gasteiger charge is 2.43. The molecule has 27 heavy (non-hydrogen) atoms. The Labute approximate surface area is 157 Å². The lowest BCUT2D eigenvalue weighted by Gasteiger charge is -2.30. The fourth-order valence-electron chi connectivity index (χ4n) is 3.62. The molecule has 140 valence electrons. The molecule has 0 aliphatic carbocycles. The number of aromatic nitrogens is 2. The van der Waals surface area contributed by atoms with E-state index in [0.717, 1.165) is 29.7 Å². The van der Waals surface area contributed by atoms with Crippen molar-refractivity contribution in [2.24, 2.45) is 0 Å². The van der Waals surface area contributed by atoms with E-state index in [0.29, 0.717) is 29.4 Å². The number of benzene rings is 2. The van der Waals surface area contributed by atoms with E-state index in [1.54, 1.807) is 18.2 Å². The summed E-state index contributed by atoms with van der Waals surface area (Å²) in [4.78, 5) is 25.2.